The fourth-order valence-corrected chi connectivity index (χ4v) is 4.80. The molecule has 0 N–H and O–H groups in total. The van der Waals surface area contributed by atoms with E-state index in [1.807, 2.05) is 25.8 Å². The number of sulfone groups is 1. The lowest BCUT2D eigenvalue weighted by molar-refractivity contribution is 0.0702. The van der Waals surface area contributed by atoms with Crippen LogP contribution >= 0.6 is 0 Å². The molecule has 140 valence electrons. The Morgan fingerprint density at radius 1 is 1.32 bits per heavy atom. The molecule has 2 rings (SSSR count). The maximum absolute atomic E-state index is 12.9. The molecule has 8 heteroatoms. The van der Waals surface area contributed by atoms with Gasteiger partial charge >= 0.3 is 0 Å². The molecule has 2 heterocycles. The summed E-state index contributed by atoms with van der Waals surface area (Å²) in [5, 5.41) is 0. The molecule has 0 aliphatic carbocycles. The summed E-state index contributed by atoms with van der Waals surface area (Å²) in [6.07, 6.45) is 2.59. The van der Waals surface area contributed by atoms with E-state index in [1.165, 1.54) is 0 Å². The van der Waals surface area contributed by atoms with Crippen LogP contribution in [0.5, 0.6) is 0 Å². The molecule has 0 bridgehead atoms. The summed E-state index contributed by atoms with van der Waals surface area (Å²) in [5.74, 6) is 0.502. The molecule has 1 aromatic rings. The first kappa shape index (κ1) is 19.6. The van der Waals surface area contributed by atoms with E-state index in [-0.39, 0.29) is 23.5 Å². The fraction of sp³-hybridized carbons (Fsp3) is 0.706. The van der Waals surface area contributed by atoms with Crippen LogP contribution in [0.25, 0.3) is 0 Å². The monoisotopic (exact) mass is 368 g/mol. The zero-order chi connectivity index (χ0) is 18.6. The summed E-state index contributed by atoms with van der Waals surface area (Å²) in [6, 6.07) is 1.41. The van der Waals surface area contributed by atoms with Gasteiger partial charge in [0.25, 0.3) is 5.91 Å². The molecule has 0 spiro atoms. The van der Waals surface area contributed by atoms with Gasteiger partial charge in [-0.05, 0) is 32.8 Å². The van der Waals surface area contributed by atoms with E-state index in [0.717, 1.165) is 25.1 Å². The number of nitrogens with zero attached hydrogens (tertiary/aromatic N) is 4. The van der Waals surface area contributed by atoms with Crippen LogP contribution in [-0.4, -0.2) is 66.9 Å². The molecule has 7 nitrogen and oxygen atoms in total. The van der Waals surface area contributed by atoms with E-state index >= 15 is 0 Å². The van der Waals surface area contributed by atoms with Gasteiger partial charge in [0.1, 0.15) is 5.69 Å². The quantitative estimate of drug-likeness (QED) is 0.728. The summed E-state index contributed by atoms with van der Waals surface area (Å²) in [4.78, 5) is 25.4. The lowest BCUT2D eigenvalue weighted by Gasteiger charge is -2.27. The Bertz CT molecular complexity index is 721. The molecule has 25 heavy (non-hydrogen) atoms. The van der Waals surface area contributed by atoms with Crippen LogP contribution in [0.15, 0.2) is 6.07 Å². The second kappa shape index (κ2) is 8.12. The van der Waals surface area contributed by atoms with E-state index in [0.29, 0.717) is 24.6 Å². The number of unbranched alkanes of at least 4 members (excludes halogenated alkanes) is 1. The van der Waals surface area contributed by atoms with Crippen LogP contribution in [0.1, 0.15) is 49.3 Å². The molecule has 1 aromatic heterocycles. The van der Waals surface area contributed by atoms with Gasteiger partial charge in [-0.3, -0.25) is 4.79 Å². The van der Waals surface area contributed by atoms with Crippen molar-refractivity contribution < 1.29 is 13.2 Å². The zero-order valence-corrected chi connectivity index (χ0v) is 16.3. The van der Waals surface area contributed by atoms with Crippen LogP contribution < -0.4 is 4.90 Å². The second-order valence-electron chi connectivity index (χ2n) is 6.62. The smallest absolute Gasteiger partial charge is 0.272 e. The summed E-state index contributed by atoms with van der Waals surface area (Å²) in [5.41, 5.74) is 1.06. The van der Waals surface area contributed by atoms with Gasteiger partial charge in [0.15, 0.2) is 9.84 Å². The minimum Gasteiger partial charge on any atom is -0.344 e. The predicted octanol–water partition coefficient (Wildman–Crippen LogP) is 1.67. The Morgan fingerprint density at radius 3 is 2.60 bits per heavy atom. The van der Waals surface area contributed by atoms with Gasteiger partial charge in [-0.25, -0.2) is 18.4 Å². The minimum atomic E-state index is -3.04. The molecular formula is C17H28N4O3S. The van der Waals surface area contributed by atoms with Gasteiger partial charge in [0.05, 0.1) is 11.5 Å². The summed E-state index contributed by atoms with van der Waals surface area (Å²) in [7, 11) is -1.12. The normalized spacial score (nSPS) is 19.0. The maximum atomic E-state index is 12.9. The third-order valence-corrected chi connectivity index (χ3v) is 6.25. The lowest BCUT2D eigenvalue weighted by atomic mass is 10.2. The van der Waals surface area contributed by atoms with Crippen LogP contribution in [0, 0.1) is 6.92 Å². The van der Waals surface area contributed by atoms with E-state index in [4.69, 9.17) is 0 Å². The third kappa shape index (κ3) is 4.90. The highest BCUT2D eigenvalue weighted by molar-refractivity contribution is 7.91. The maximum Gasteiger partial charge on any atom is 0.272 e. The standard InChI is InChI=1S/C17H28N4O3S/c1-5-7-9-20(4)17-18-13(3)11-15(19-17)16(22)21(6-2)14-8-10-25(23,24)12-14/h11,14H,5-10,12H2,1-4H3. The molecule has 1 aliphatic heterocycles. The molecule has 1 aliphatic rings. The number of hydrogen-bond acceptors (Lipinski definition) is 6. The molecule has 1 amide bonds. The van der Waals surface area contributed by atoms with Crippen molar-refractivity contribution in [1.29, 1.82) is 0 Å². The van der Waals surface area contributed by atoms with Crippen molar-refractivity contribution in [1.82, 2.24) is 14.9 Å². The SMILES string of the molecule is CCCCN(C)c1nc(C)cc(C(=O)N(CC)C2CCS(=O)(=O)C2)n1. The molecule has 0 radical (unpaired) electrons. The molecular weight excluding hydrogens is 340 g/mol. The number of rotatable bonds is 7. The molecule has 1 saturated heterocycles. The van der Waals surface area contributed by atoms with Crippen molar-refractivity contribution in [3.05, 3.63) is 17.5 Å². The number of carbonyl (C=O) groups excluding carboxylic acids is 1. The highest BCUT2D eigenvalue weighted by Crippen LogP contribution is 2.20. The Hall–Kier alpha value is -1.70. The average Bonchev–Trinajstić information content (AvgIpc) is 2.92. The topological polar surface area (TPSA) is 83.5 Å². The first-order valence-electron chi connectivity index (χ1n) is 8.85. The van der Waals surface area contributed by atoms with Crippen molar-refractivity contribution >= 4 is 21.7 Å². The molecule has 1 fully saturated rings. The number of aryl methyl sites for hydroxylation is 1. The Kier molecular flexibility index (Phi) is 6.37. The molecule has 0 aromatic carbocycles. The van der Waals surface area contributed by atoms with Crippen LogP contribution in [0.4, 0.5) is 5.95 Å². The molecule has 1 atom stereocenters. The van der Waals surface area contributed by atoms with E-state index in [2.05, 4.69) is 16.9 Å². The van der Waals surface area contributed by atoms with Crippen LogP contribution in [-0.2, 0) is 9.84 Å². The highest BCUT2D eigenvalue weighted by atomic mass is 32.2. The van der Waals surface area contributed by atoms with E-state index in [1.54, 1.807) is 11.0 Å². The highest BCUT2D eigenvalue weighted by Gasteiger charge is 2.34. The van der Waals surface area contributed by atoms with Gasteiger partial charge in [0, 0.05) is 31.9 Å². The summed E-state index contributed by atoms with van der Waals surface area (Å²) in [6.45, 7) is 7.11. The van der Waals surface area contributed by atoms with Gasteiger partial charge < -0.3 is 9.80 Å². The zero-order valence-electron chi connectivity index (χ0n) is 15.5. The first-order chi connectivity index (χ1) is 11.8. The van der Waals surface area contributed by atoms with Crippen LogP contribution in [0.2, 0.25) is 0 Å². The van der Waals surface area contributed by atoms with Crippen molar-refractivity contribution in [3.8, 4) is 0 Å². The number of hydrogen-bond donors (Lipinski definition) is 0. The second-order valence-corrected chi connectivity index (χ2v) is 8.85. The number of carbonyl (C=O) groups is 1. The largest absolute Gasteiger partial charge is 0.344 e. The lowest BCUT2D eigenvalue weighted by Crippen LogP contribution is -2.41. The van der Waals surface area contributed by atoms with Crippen molar-refractivity contribution in [3.63, 3.8) is 0 Å². The number of aromatic nitrogens is 2. The minimum absolute atomic E-state index is 0.0416. The van der Waals surface area contributed by atoms with Crippen molar-refractivity contribution in [2.45, 2.75) is 46.1 Å². The van der Waals surface area contributed by atoms with E-state index in [9.17, 15) is 13.2 Å². The number of anilines is 1. The van der Waals surface area contributed by atoms with Gasteiger partial charge in [0.2, 0.25) is 5.95 Å². The van der Waals surface area contributed by atoms with E-state index < -0.39 is 9.84 Å². The van der Waals surface area contributed by atoms with Gasteiger partial charge in [-0.2, -0.15) is 0 Å². The third-order valence-electron chi connectivity index (χ3n) is 4.50. The Morgan fingerprint density at radius 2 is 2.04 bits per heavy atom. The molecule has 0 saturated carbocycles. The first-order valence-corrected chi connectivity index (χ1v) is 10.7. The summed E-state index contributed by atoms with van der Waals surface area (Å²) < 4.78 is 23.5. The van der Waals surface area contributed by atoms with Gasteiger partial charge in [-0.15, -0.1) is 0 Å². The van der Waals surface area contributed by atoms with Gasteiger partial charge in [-0.1, -0.05) is 13.3 Å². The predicted molar refractivity (Wildman–Crippen MR) is 98.7 cm³/mol. The van der Waals surface area contributed by atoms with Crippen molar-refractivity contribution in [2.75, 3.05) is 36.5 Å². The fourth-order valence-electron chi connectivity index (χ4n) is 3.06. The van der Waals surface area contributed by atoms with Crippen molar-refractivity contribution in [2.24, 2.45) is 0 Å². The van der Waals surface area contributed by atoms with Crippen LogP contribution in [0.3, 0.4) is 0 Å². The summed E-state index contributed by atoms with van der Waals surface area (Å²) >= 11 is 0. The Labute approximate surface area is 150 Å². The number of amides is 1. The Balaban J connectivity index is 2.24. The average molecular weight is 369 g/mol. The molecule has 1 unspecified atom stereocenters.